The zero-order valence-electron chi connectivity index (χ0n) is 18.0. The normalized spacial score (nSPS) is 19.7. The first-order chi connectivity index (χ1) is 16.0. The average molecular weight is 447 g/mol. The van der Waals surface area contributed by atoms with Crippen molar-refractivity contribution in [2.24, 2.45) is 0 Å². The number of rotatable bonds is 3. The topological polar surface area (TPSA) is 95.0 Å². The number of nitrogens with two attached hydrogens (primary N) is 1. The minimum Gasteiger partial charge on any atom is -0.491 e. The van der Waals surface area contributed by atoms with Crippen molar-refractivity contribution in [3.8, 4) is 5.75 Å². The Bertz CT molecular complexity index is 1410. The van der Waals surface area contributed by atoms with Crippen molar-refractivity contribution < 1.29 is 18.7 Å². The predicted molar refractivity (Wildman–Crippen MR) is 120 cm³/mol. The van der Waals surface area contributed by atoms with Gasteiger partial charge in [0.1, 0.15) is 29.5 Å². The molecule has 9 heteroatoms. The summed E-state index contributed by atoms with van der Waals surface area (Å²) >= 11 is 0. The van der Waals surface area contributed by atoms with E-state index < -0.39 is 11.7 Å². The van der Waals surface area contributed by atoms with E-state index in [2.05, 4.69) is 16.0 Å². The van der Waals surface area contributed by atoms with E-state index in [-0.39, 0.29) is 17.4 Å². The molecule has 0 saturated carbocycles. The summed E-state index contributed by atoms with van der Waals surface area (Å²) < 4.78 is 28.1. The third-order valence-electron chi connectivity index (χ3n) is 6.68. The molecule has 0 bridgehead atoms. The minimum atomic E-state index is -0.651. The number of nitrogens with zero attached hydrogens (tertiary/aromatic N) is 4. The molecule has 2 aliphatic heterocycles. The van der Waals surface area contributed by atoms with Gasteiger partial charge in [0.15, 0.2) is 0 Å². The van der Waals surface area contributed by atoms with Crippen molar-refractivity contribution in [3.05, 3.63) is 65.4 Å². The van der Waals surface area contributed by atoms with Crippen LogP contribution in [-0.4, -0.2) is 52.0 Å². The molecule has 6 rings (SSSR count). The highest BCUT2D eigenvalue weighted by atomic mass is 19.1. The molecular formula is C24H22FN5O3. The Hall–Kier alpha value is -3.72. The summed E-state index contributed by atoms with van der Waals surface area (Å²) in [6, 6.07) is 8.54. The Morgan fingerprint density at radius 2 is 2.12 bits per heavy atom. The Kier molecular flexibility index (Phi) is 4.48. The fraction of sp³-hybridized carbons (Fsp3) is 0.292. The van der Waals surface area contributed by atoms with E-state index in [0.29, 0.717) is 35.7 Å². The first kappa shape index (κ1) is 19.9. The summed E-state index contributed by atoms with van der Waals surface area (Å²) in [5.41, 5.74) is 9.52. The van der Waals surface area contributed by atoms with Gasteiger partial charge in [0, 0.05) is 31.2 Å². The van der Waals surface area contributed by atoms with Crippen molar-refractivity contribution in [1.29, 1.82) is 0 Å². The number of aromatic nitrogens is 3. The van der Waals surface area contributed by atoms with Crippen LogP contribution in [0.5, 0.6) is 5.75 Å². The van der Waals surface area contributed by atoms with Gasteiger partial charge in [-0.25, -0.2) is 14.4 Å². The molecule has 1 saturated heterocycles. The number of hydrogen-bond donors (Lipinski definition) is 1. The lowest BCUT2D eigenvalue weighted by molar-refractivity contribution is 0.0704. The van der Waals surface area contributed by atoms with Crippen molar-refractivity contribution in [2.75, 3.05) is 32.6 Å². The molecule has 33 heavy (non-hydrogen) atoms. The molecule has 2 aromatic heterocycles. The van der Waals surface area contributed by atoms with Crippen LogP contribution in [-0.2, 0) is 4.74 Å². The number of hydrogen-bond acceptors (Lipinski definition) is 6. The van der Waals surface area contributed by atoms with Gasteiger partial charge in [-0.05, 0) is 24.1 Å². The van der Waals surface area contributed by atoms with E-state index in [1.807, 2.05) is 12.1 Å². The fourth-order valence-electron chi connectivity index (χ4n) is 4.77. The van der Waals surface area contributed by atoms with Crippen LogP contribution in [0, 0.1) is 5.82 Å². The number of imidazole rings is 1. The van der Waals surface area contributed by atoms with E-state index in [0.717, 1.165) is 24.3 Å². The molecule has 2 atom stereocenters. The van der Waals surface area contributed by atoms with Crippen LogP contribution in [0.2, 0.25) is 0 Å². The number of carbonyl (C=O) groups excluding carboxylic acids is 1. The van der Waals surface area contributed by atoms with Crippen molar-refractivity contribution >= 4 is 28.3 Å². The molecule has 2 aromatic carbocycles. The smallest absolute Gasteiger partial charge is 0.257 e. The number of amides is 1. The largest absolute Gasteiger partial charge is 0.491 e. The number of ether oxygens (including phenoxy) is 2. The van der Waals surface area contributed by atoms with E-state index >= 15 is 4.39 Å². The highest BCUT2D eigenvalue weighted by Crippen LogP contribution is 2.39. The number of carbonyl (C=O) groups is 1. The second-order valence-electron chi connectivity index (χ2n) is 8.57. The van der Waals surface area contributed by atoms with E-state index in [9.17, 15) is 4.79 Å². The molecule has 4 heterocycles. The van der Waals surface area contributed by atoms with Gasteiger partial charge in [0.05, 0.1) is 41.8 Å². The summed E-state index contributed by atoms with van der Waals surface area (Å²) in [6.45, 7) is 1.81. The summed E-state index contributed by atoms with van der Waals surface area (Å²) in [7, 11) is 1.67. The van der Waals surface area contributed by atoms with E-state index in [1.54, 1.807) is 24.0 Å². The predicted octanol–water partition coefficient (Wildman–Crippen LogP) is 3.31. The average Bonchev–Trinajstić information content (AvgIpc) is 3.58. The molecule has 1 amide bonds. The maximum Gasteiger partial charge on any atom is 0.257 e. The van der Waals surface area contributed by atoms with Crippen LogP contribution in [0.1, 0.15) is 39.9 Å². The number of fused-ring (bicyclic) bond motifs is 4. The molecular weight excluding hydrogens is 425 g/mol. The van der Waals surface area contributed by atoms with Gasteiger partial charge in [-0.3, -0.25) is 9.20 Å². The molecule has 1 fully saturated rings. The molecule has 0 aliphatic carbocycles. The maximum absolute atomic E-state index is 15.0. The zero-order valence-corrected chi connectivity index (χ0v) is 18.0. The molecule has 4 aromatic rings. The molecule has 0 radical (unpaired) electrons. The molecule has 8 nitrogen and oxygen atoms in total. The second kappa shape index (κ2) is 7.41. The van der Waals surface area contributed by atoms with Gasteiger partial charge < -0.3 is 20.1 Å². The van der Waals surface area contributed by atoms with E-state index in [4.69, 9.17) is 15.2 Å². The first-order valence-electron chi connectivity index (χ1n) is 10.8. The summed E-state index contributed by atoms with van der Waals surface area (Å²) in [5.74, 6) is 0.295. The van der Waals surface area contributed by atoms with Crippen LogP contribution in [0.25, 0.3) is 16.6 Å². The minimum absolute atomic E-state index is 0.0419. The van der Waals surface area contributed by atoms with Gasteiger partial charge in [-0.2, -0.15) is 0 Å². The van der Waals surface area contributed by atoms with Crippen LogP contribution in [0.15, 0.2) is 42.9 Å². The Morgan fingerprint density at radius 3 is 2.94 bits per heavy atom. The summed E-state index contributed by atoms with van der Waals surface area (Å²) in [6.07, 6.45) is 4.14. The third kappa shape index (κ3) is 3.11. The van der Waals surface area contributed by atoms with Crippen LogP contribution >= 0.6 is 0 Å². The number of halogens is 1. The lowest BCUT2D eigenvalue weighted by Gasteiger charge is -2.24. The molecule has 0 spiro atoms. The Balaban J connectivity index is 1.34. The van der Waals surface area contributed by atoms with Gasteiger partial charge >= 0.3 is 0 Å². The van der Waals surface area contributed by atoms with Crippen LogP contribution in [0.4, 0.5) is 10.2 Å². The maximum atomic E-state index is 15.0. The highest BCUT2D eigenvalue weighted by Gasteiger charge is 2.33. The molecule has 168 valence electrons. The van der Waals surface area contributed by atoms with Gasteiger partial charge in [-0.15, -0.1) is 0 Å². The Morgan fingerprint density at radius 1 is 1.24 bits per heavy atom. The molecule has 2 aliphatic rings. The quantitative estimate of drug-likeness (QED) is 0.518. The third-order valence-corrected chi connectivity index (χ3v) is 6.68. The Labute approximate surface area is 188 Å². The molecule has 2 N–H and O–H groups in total. The lowest BCUT2D eigenvalue weighted by Crippen LogP contribution is -2.32. The monoisotopic (exact) mass is 447 g/mol. The van der Waals surface area contributed by atoms with Gasteiger partial charge in [-0.1, -0.05) is 12.1 Å². The van der Waals surface area contributed by atoms with E-state index in [1.165, 1.54) is 22.6 Å². The highest BCUT2D eigenvalue weighted by molar-refractivity contribution is 5.98. The lowest BCUT2D eigenvalue weighted by atomic mass is 9.95. The van der Waals surface area contributed by atoms with Crippen molar-refractivity contribution in [2.45, 2.75) is 18.4 Å². The second-order valence-corrected chi connectivity index (χ2v) is 8.57. The first-order valence-corrected chi connectivity index (χ1v) is 10.8. The number of benzene rings is 2. The number of likely N-dealkylation sites (N-methyl/N-ethyl adjacent to an activating group) is 1. The zero-order chi connectivity index (χ0) is 22.7. The van der Waals surface area contributed by atoms with Crippen molar-refractivity contribution in [3.63, 3.8) is 0 Å². The number of anilines is 1. The standard InChI is InChI=1S/C24H22FN5O3/c1-29(21-11-33-22-6-13(2-3-15(21)22)14-4-5-32-10-14)24(31)16-7-19-18(8-17(16)25)28-23(26)20-9-27-12-30(19)20/h2-3,6-9,12,14,21H,4-5,10-11H2,1H3,(H2,26,28)/t14?,21-/m1/s1. The summed E-state index contributed by atoms with van der Waals surface area (Å²) in [4.78, 5) is 23.2. The van der Waals surface area contributed by atoms with Crippen LogP contribution < -0.4 is 10.5 Å². The molecule has 1 unspecified atom stereocenters. The van der Waals surface area contributed by atoms with Crippen molar-refractivity contribution in [1.82, 2.24) is 19.3 Å². The number of nitrogen functional groups attached to an aromatic ring is 1. The van der Waals surface area contributed by atoms with Crippen LogP contribution in [0.3, 0.4) is 0 Å². The van der Waals surface area contributed by atoms with Gasteiger partial charge in [0.2, 0.25) is 0 Å². The SMILES string of the molecule is CN(C(=O)c1cc2c(cc1F)nc(N)c1cncn12)[C@@H]1COc2cc(C3CCOC3)ccc21. The summed E-state index contributed by atoms with van der Waals surface area (Å²) in [5, 5.41) is 0. The fourth-order valence-corrected chi connectivity index (χ4v) is 4.77. The van der Waals surface area contributed by atoms with Gasteiger partial charge in [0.25, 0.3) is 5.91 Å².